The molecule has 0 unspecified atom stereocenters. The van der Waals surface area contributed by atoms with Gasteiger partial charge in [-0.3, -0.25) is 4.72 Å². The molecule has 0 atom stereocenters. The highest BCUT2D eigenvalue weighted by Crippen LogP contribution is 2.19. The summed E-state index contributed by atoms with van der Waals surface area (Å²) in [4.78, 5) is 0.164. The van der Waals surface area contributed by atoms with E-state index in [4.69, 9.17) is 0 Å². The number of benzene rings is 2. The number of nitrogens with one attached hydrogen (secondary N) is 1. The summed E-state index contributed by atoms with van der Waals surface area (Å²) < 4.78 is 40.4. The minimum absolute atomic E-state index is 0.164. The normalized spacial score (nSPS) is 11.3. The quantitative estimate of drug-likeness (QED) is 0.938. The summed E-state index contributed by atoms with van der Waals surface area (Å²) >= 11 is 0. The lowest BCUT2D eigenvalue weighted by Crippen LogP contribution is -2.13. The molecule has 0 aromatic heterocycles. The number of hydrogen-bond donors (Lipinski definition) is 1. The molecule has 0 saturated heterocycles. The highest BCUT2D eigenvalue weighted by molar-refractivity contribution is 7.92. The van der Waals surface area contributed by atoms with E-state index in [-0.39, 0.29) is 10.6 Å². The Balaban J connectivity index is 2.31. The van der Waals surface area contributed by atoms with Gasteiger partial charge in [-0.25, -0.2) is 12.8 Å². The largest absolute Gasteiger partial charge is 0.280 e. The van der Waals surface area contributed by atoms with Crippen molar-refractivity contribution in [3.63, 3.8) is 0 Å². The molecule has 0 bridgehead atoms. The third-order valence-corrected chi connectivity index (χ3v) is 4.36. The zero-order valence-electron chi connectivity index (χ0n) is 11.4. The van der Waals surface area contributed by atoms with E-state index in [2.05, 4.69) is 4.72 Å². The van der Waals surface area contributed by atoms with Crippen LogP contribution >= 0.6 is 0 Å². The van der Waals surface area contributed by atoms with Crippen LogP contribution in [0.15, 0.2) is 47.4 Å². The molecule has 2 aromatic rings. The molecule has 0 amide bonds. The van der Waals surface area contributed by atoms with Crippen LogP contribution in [0, 0.1) is 12.7 Å². The first-order valence-electron chi connectivity index (χ1n) is 6.30. The van der Waals surface area contributed by atoms with Gasteiger partial charge in [0, 0.05) is 0 Å². The molecule has 3 nitrogen and oxygen atoms in total. The highest BCUT2D eigenvalue weighted by Gasteiger charge is 2.14. The first kappa shape index (κ1) is 14.5. The molecule has 5 heteroatoms. The minimum atomic E-state index is -3.69. The van der Waals surface area contributed by atoms with Crippen LogP contribution in [-0.2, 0) is 16.4 Å². The van der Waals surface area contributed by atoms with Crippen LogP contribution in [0.4, 0.5) is 10.1 Å². The second-order valence-corrected chi connectivity index (χ2v) is 6.26. The van der Waals surface area contributed by atoms with E-state index in [0.29, 0.717) is 12.0 Å². The van der Waals surface area contributed by atoms with Crippen LogP contribution in [-0.4, -0.2) is 8.42 Å². The van der Waals surface area contributed by atoms with Gasteiger partial charge in [0.1, 0.15) is 5.82 Å². The Bertz CT molecular complexity index is 726. The summed E-state index contributed by atoms with van der Waals surface area (Å²) in [6.07, 6.45) is 0.566. The van der Waals surface area contributed by atoms with E-state index in [1.807, 2.05) is 19.9 Å². The van der Waals surface area contributed by atoms with Gasteiger partial charge in [0.25, 0.3) is 10.0 Å². The molecule has 0 radical (unpaired) electrons. The van der Waals surface area contributed by atoms with Crippen molar-refractivity contribution < 1.29 is 12.8 Å². The predicted molar refractivity (Wildman–Crippen MR) is 77.8 cm³/mol. The van der Waals surface area contributed by atoms with Gasteiger partial charge in [0.05, 0.1) is 10.6 Å². The zero-order valence-corrected chi connectivity index (χ0v) is 12.2. The Morgan fingerprint density at radius 1 is 1.15 bits per heavy atom. The maximum atomic E-state index is 13.7. The summed E-state index contributed by atoms with van der Waals surface area (Å²) in [6.45, 7) is 3.66. The number of aryl methyl sites for hydroxylation is 2. The third kappa shape index (κ3) is 3.17. The molecule has 0 aliphatic heterocycles. The highest BCUT2D eigenvalue weighted by atomic mass is 32.2. The van der Waals surface area contributed by atoms with E-state index in [1.165, 1.54) is 12.1 Å². The van der Waals surface area contributed by atoms with E-state index >= 15 is 0 Å². The smallest absolute Gasteiger partial charge is 0.261 e. The van der Waals surface area contributed by atoms with Crippen molar-refractivity contribution in [2.24, 2.45) is 0 Å². The number of anilines is 1. The van der Waals surface area contributed by atoms with Gasteiger partial charge in [-0.15, -0.1) is 0 Å². The predicted octanol–water partition coefficient (Wildman–Crippen LogP) is 3.50. The lowest BCUT2D eigenvalue weighted by Gasteiger charge is -2.09. The fraction of sp³-hybridized carbons (Fsp3) is 0.200. The van der Waals surface area contributed by atoms with Crippen molar-refractivity contribution in [3.05, 3.63) is 59.4 Å². The summed E-state index contributed by atoms with van der Waals surface area (Å²) in [6, 6.07) is 10.9. The SMILES string of the molecule is CCc1ccc(NS(=O)(=O)c2cccc(C)c2)cc1F. The molecule has 0 fully saturated rings. The maximum absolute atomic E-state index is 13.7. The van der Waals surface area contributed by atoms with E-state index in [1.54, 1.807) is 24.3 Å². The second kappa shape index (κ2) is 5.63. The van der Waals surface area contributed by atoms with E-state index in [0.717, 1.165) is 5.56 Å². The monoisotopic (exact) mass is 293 g/mol. The molecule has 106 valence electrons. The van der Waals surface area contributed by atoms with Crippen LogP contribution in [0.2, 0.25) is 0 Å². The van der Waals surface area contributed by atoms with Crippen molar-refractivity contribution in [3.8, 4) is 0 Å². The molecule has 20 heavy (non-hydrogen) atoms. The van der Waals surface area contributed by atoms with Gasteiger partial charge < -0.3 is 0 Å². The summed E-state index contributed by atoms with van der Waals surface area (Å²) in [7, 11) is -3.69. The Morgan fingerprint density at radius 3 is 2.50 bits per heavy atom. The standard InChI is InChI=1S/C15H16FNO2S/c1-3-12-7-8-13(10-15(12)16)17-20(18,19)14-6-4-5-11(2)9-14/h4-10,17H,3H2,1-2H3. The second-order valence-electron chi connectivity index (χ2n) is 4.58. The third-order valence-electron chi connectivity index (χ3n) is 2.99. The first-order valence-corrected chi connectivity index (χ1v) is 7.78. The molecule has 0 saturated carbocycles. The van der Waals surface area contributed by atoms with E-state index in [9.17, 15) is 12.8 Å². The Hall–Kier alpha value is -1.88. The summed E-state index contributed by atoms with van der Waals surface area (Å²) in [5, 5.41) is 0. The molecule has 0 spiro atoms. The lowest BCUT2D eigenvalue weighted by atomic mass is 10.1. The molecule has 0 aliphatic carbocycles. The molecule has 1 N–H and O–H groups in total. The van der Waals surface area contributed by atoms with Gasteiger partial charge in [-0.05, 0) is 48.7 Å². The lowest BCUT2D eigenvalue weighted by molar-refractivity contribution is 0.600. The van der Waals surface area contributed by atoms with Crippen LogP contribution in [0.25, 0.3) is 0 Å². The first-order chi connectivity index (χ1) is 9.42. The number of sulfonamides is 1. The van der Waals surface area contributed by atoms with Crippen molar-refractivity contribution in [1.82, 2.24) is 0 Å². The van der Waals surface area contributed by atoms with Gasteiger partial charge in [0.15, 0.2) is 0 Å². The Labute approximate surface area is 118 Å². The fourth-order valence-corrected chi connectivity index (χ4v) is 3.05. The van der Waals surface area contributed by atoms with Gasteiger partial charge in [-0.1, -0.05) is 25.1 Å². The van der Waals surface area contributed by atoms with Crippen LogP contribution in [0.5, 0.6) is 0 Å². The van der Waals surface area contributed by atoms with Crippen molar-refractivity contribution in [1.29, 1.82) is 0 Å². The van der Waals surface area contributed by atoms with Crippen molar-refractivity contribution in [2.75, 3.05) is 4.72 Å². The molecule has 2 rings (SSSR count). The summed E-state index contributed by atoms with van der Waals surface area (Å²) in [5.74, 6) is -0.406. The number of halogens is 1. The number of hydrogen-bond acceptors (Lipinski definition) is 2. The molecular weight excluding hydrogens is 277 g/mol. The Kier molecular flexibility index (Phi) is 4.09. The maximum Gasteiger partial charge on any atom is 0.261 e. The number of rotatable bonds is 4. The van der Waals surface area contributed by atoms with Crippen molar-refractivity contribution >= 4 is 15.7 Å². The average Bonchev–Trinajstić information content (AvgIpc) is 2.38. The van der Waals surface area contributed by atoms with Crippen LogP contribution < -0.4 is 4.72 Å². The average molecular weight is 293 g/mol. The zero-order chi connectivity index (χ0) is 14.8. The van der Waals surface area contributed by atoms with E-state index < -0.39 is 15.8 Å². The van der Waals surface area contributed by atoms with Gasteiger partial charge in [0.2, 0.25) is 0 Å². The van der Waals surface area contributed by atoms with Gasteiger partial charge in [-0.2, -0.15) is 0 Å². The fourth-order valence-electron chi connectivity index (χ4n) is 1.89. The van der Waals surface area contributed by atoms with Crippen molar-refractivity contribution in [2.45, 2.75) is 25.2 Å². The molecule has 0 heterocycles. The topological polar surface area (TPSA) is 46.2 Å². The van der Waals surface area contributed by atoms with Crippen LogP contribution in [0.1, 0.15) is 18.1 Å². The minimum Gasteiger partial charge on any atom is -0.280 e. The van der Waals surface area contributed by atoms with Crippen LogP contribution in [0.3, 0.4) is 0 Å². The molecule has 2 aromatic carbocycles. The Morgan fingerprint density at radius 2 is 1.90 bits per heavy atom. The van der Waals surface area contributed by atoms with Gasteiger partial charge >= 0.3 is 0 Å². The molecule has 0 aliphatic rings. The summed E-state index contributed by atoms with van der Waals surface area (Å²) in [5.41, 5.74) is 1.63. The molecular formula is C15H16FNO2S.